The molecule has 1 amide bonds. The molecule has 0 saturated carbocycles. The van der Waals surface area contributed by atoms with Crippen molar-refractivity contribution in [1.82, 2.24) is 33.7 Å². The molecule has 4 aromatic rings. The molecular formula is C24H29FN8O4. The topological polar surface area (TPSA) is 122 Å². The first-order chi connectivity index (χ1) is 17.5. The second kappa shape index (κ2) is 8.91. The highest BCUT2D eigenvalue weighted by Crippen LogP contribution is 2.33. The standard InChI is InChI=1S/C24H29FN8O4/c1-15-10-18-27-14-28-31(18)12-17(15)32(22(35)37-23(2,3)4)20-26-11-16-19(29-20)33(21(34)30(16)5)24(13-25)6-8-36-9-7-24/h10-12,14H,6-9,13H2,1-5H3. The highest BCUT2D eigenvalue weighted by molar-refractivity contribution is 5.95. The van der Waals surface area contributed by atoms with Gasteiger partial charge < -0.3 is 9.47 Å². The van der Waals surface area contributed by atoms with E-state index in [0.717, 1.165) is 0 Å². The Hall–Kier alpha value is -3.87. The Labute approximate surface area is 211 Å². The molecule has 0 spiro atoms. The number of carbonyl (C=O) groups is 1. The number of carbonyl (C=O) groups excluding carboxylic acids is 1. The van der Waals surface area contributed by atoms with Gasteiger partial charge in [0, 0.05) is 20.3 Å². The molecule has 13 heteroatoms. The van der Waals surface area contributed by atoms with Gasteiger partial charge in [-0.25, -0.2) is 33.4 Å². The fraction of sp³-hybridized carbons (Fsp3) is 0.500. The maximum absolute atomic E-state index is 14.6. The van der Waals surface area contributed by atoms with Crippen LogP contribution in [-0.4, -0.2) is 65.3 Å². The second-order valence-electron chi connectivity index (χ2n) is 10.2. The van der Waals surface area contributed by atoms with Crippen molar-refractivity contribution in [2.45, 2.75) is 51.7 Å². The van der Waals surface area contributed by atoms with E-state index in [1.807, 2.05) is 6.92 Å². The maximum atomic E-state index is 14.6. The quantitative estimate of drug-likeness (QED) is 0.409. The first-order valence-corrected chi connectivity index (χ1v) is 12.0. The van der Waals surface area contributed by atoms with Gasteiger partial charge in [-0.3, -0.25) is 9.13 Å². The van der Waals surface area contributed by atoms with Crippen LogP contribution in [0.25, 0.3) is 16.8 Å². The molecule has 5 heterocycles. The summed E-state index contributed by atoms with van der Waals surface area (Å²) in [6.45, 7) is 6.98. The number of alkyl halides is 1. The van der Waals surface area contributed by atoms with E-state index in [2.05, 4.69) is 20.1 Å². The van der Waals surface area contributed by atoms with E-state index in [9.17, 15) is 14.0 Å². The van der Waals surface area contributed by atoms with E-state index < -0.39 is 29.6 Å². The van der Waals surface area contributed by atoms with Crippen molar-refractivity contribution >= 4 is 34.5 Å². The molecule has 1 fully saturated rings. The molecule has 196 valence electrons. The zero-order valence-electron chi connectivity index (χ0n) is 21.4. The Morgan fingerprint density at radius 1 is 1.27 bits per heavy atom. The van der Waals surface area contributed by atoms with Crippen LogP contribution in [0.15, 0.2) is 29.6 Å². The summed E-state index contributed by atoms with van der Waals surface area (Å²) in [5.41, 5.74) is 0.0406. The van der Waals surface area contributed by atoms with E-state index in [-0.39, 0.29) is 11.6 Å². The van der Waals surface area contributed by atoms with Crippen LogP contribution in [0, 0.1) is 6.92 Å². The lowest BCUT2D eigenvalue weighted by Crippen LogP contribution is -2.47. The minimum atomic E-state index is -1.10. The number of hydrogen-bond acceptors (Lipinski definition) is 8. The summed E-state index contributed by atoms with van der Waals surface area (Å²) in [7, 11) is 1.59. The molecule has 12 nitrogen and oxygen atoms in total. The lowest BCUT2D eigenvalue weighted by molar-refractivity contribution is 0.00869. The molecule has 1 aliphatic rings. The number of aryl methyl sites for hydroxylation is 2. The molecule has 0 bridgehead atoms. The van der Waals surface area contributed by atoms with Crippen LogP contribution < -0.4 is 10.6 Å². The number of aromatic nitrogens is 7. The Morgan fingerprint density at radius 3 is 2.68 bits per heavy atom. The third-order valence-corrected chi connectivity index (χ3v) is 6.55. The molecule has 0 N–H and O–H groups in total. The average Bonchev–Trinajstić information content (AvgIpc) is 3.40. The van der Waals surface area contributed by atoms with Gasteiger partial charge in [-0.1, -0.05) is 0 Å². The molecule has 0 unspecified atom stereocenters. The molecule has 4 aromatic heterocycles. The Morgan fingerprint density at radius 2 is 2.00 bits per heavy atom. The molecule has 0 aliphatic carbocycles. The van der Waals surface area contributed by atoms with Gasteiger partial charge in [0.05, 0.1) is 23.6 Å². The monoisotopic (exact) mass is 512 g/mol. The van der Waals surface area contributed by atoms with Crippen LogP contribution >= 0.6 is 0 Å². The summed E-state index contributed by atoms with van der Waals surface area (Å²) in [5.74, 6) is -0.0234. The van der Waals surface area contributed by atoms with Gasteiger partial charge in [0.2, 0.25) is 5.95 Å². The van der Waals surface area contributed by atoms with Crippen LogP contribution in [0.4, 0.5) is 20.8 Å². The van der Waals surface area contributed by atoms with Gasteiger partial charge in [-0.05, 0) is 52.2 Å². The Kier molecular flexibility index (Phi) is 5.97. The number of pyridine rings is 1. The molecule has 1 aliphatic heterocycles. The van der Waals surface area contributed by atoms with Crippen LogP contribution in [0.1, 0.15) is 39.2 Å². The molecule has 1 saturated heterocycles. The Balaban J connectivity index is 1.74. The molecule has 37 heavy (non-hydrogen) atoms. The van der Waals surface area contributed by atoms with Gasteiger partial charge in [-0.15, -0.1) is 0 Å². The summed E-state index contributed by atoms with van der Waals surface area (Å²) in [6.07, 6.45) is 4.42. The smallest absolute Gasteiger partial charge is 0.421 e. The third kappa shape index (κ3) is 4.22. The van der Waals surface area contributed by atoms with Gasteiger partial charge in [0.25, 0.3) is 0 Å². The summed E-state index contributed by atoms with van der Waals surface area (Å²) in [4.78, 5) is 41.4. The fourth-order valence-corrected chi connectivity index (χ4v) is 4.58. The minimum Gasteiger partial charge on any atom is -0.443 e. The summed E-state index contributed by atoms with van der Waals surface area (Å²) in [6, 6.07) is 1.77. The zero-order valence-corrected chi connectivity index (χ0v) is 21.4. The van der Waals surface area contributed by atoms with Crippen LogP contribution in [-0.2, 0) is 22.1 Å². The predicted octanol–water partition coefficient (Wildman–Crippen LogP) is 3.03. The molecule has 0 aromatic carbocycles. The average molecular weight is 513 g/mol. The van der Waals surface area contributed by atoms with Gasteiger partial charge in [0.15, 0.2) is 11.3 Å². The van der Waals surface area contributed by atoms with Crippen molar-refractivity contribution in [2.75, 3.05) is 24.8 Å². The van der Waals surface area contributed by atoms with Gasteiger partial charge >= 0.3 is 11.8 Å². The molecular weight excluding hydrogens is 483 g/mol. The van der Waals surface area contributed by atoms with Crippen molar-refractivity contribution < 1.29 is 18.7 Å². The predicted molar refractivity (Wildman–Crippen MR) is 133 cm³/mol. The zero-order chi connectivity index (χ0) is 26.5. The van der Waals surface area contributed by atoms with Crippen molar-refractivity contribution in [3.8, 4) is 0 Å². The number of nitrogens with zero attached hydrogens (tertiary/aromatic N) is 8. The number of amides is 1. The van der Waals surface area contributed by atoms with Crippen LogP contribution in [0.3, 0.4) is 0 Å². The number of fused-ring (bicyclic) bond motifs is 2. The largest absolute Gasteiger partial charge is 0.443 e. The van der Waals surface area contributed by atoms with Crippen molar-refractivity contribution in [2.24, 2.45) is 7.05 Å². The number of imidazole rings is 1. The van der Waals surface area contributed by atoms with E-state index in [0.29, 0.717) is 48.5 Å². The minimum absolute atomic E-state index is 0.0234. The van der Waals surface area contributed by atoms with Crippen molar-refractivity contribution in [3.63, 3.8) is 0 Å². The lowest BCUT2D eigenvalue weighted by atomic mass is 9.91. The number of hydrogen-bond donors (Lipinski definition) is 0. The van der Waals surface area contributed by atoms with Crippen molar-refractivity contribution in [1.29, 1.82) is 0 Å². The molecule has 0 atom stereocenters. The third-order valence-electron chi connectivity index (χ3n) is 6.55. The lowest BCUT2D eigenvalue weighted by Gasteiger charge is -2.35. The Bertz CT molecular complexity index is 1540. The van der Waals surface area contributed by atoms with Gasteiger partial charge in [0.1, 0.15) is 24.1 Å². The highest BCUT2D eigenvalue weighted by atomic mass is 19.1. The maximum Gasteiger partial charge on any atom is 0.421 e. The summed E-state index contributed by atoms with van der Waals surface area (Å²) >= 11 is 0. The highest BCUT2D eigenvalue weighted by Gasteiger charge is 2.39. The molecule has 0 radical (unpaired) electrons. The van der Waals surface area contributed by atoms with Crippen LogP contribution in [0.5, 0.6) is 0 Å². The first kappa shape index (κ1) is 24.8. The normalized spacial score (nSPS) is 15.8. The summed E-state index contributed by atoms with van der Waals surface area (Å²) < 4.78 is 30.0. The first-order valence-electron chi connectivity index (χ1n) is 12.0. The number of halogens is 1. The number of ether oxygens (including phenoxy) is 2. The van der Waals surface area contributed by atoms with E-state index in [1.54, 1.807) is 40.1 Å². The van der Waals surface area contributed by atoms with E-state index in [1.165, 1.54) is 31.1 Å². The molecule has 5 rings (SSSR count). The number of anilines is 2. The van der Waals surface area contributed by atoms with Gasteiger partial charge in [-0.2, -0.15) is 10.1 Å². The van der Waals surface area contributed by atoms with Crippen LogP contribution in [0.2, 0.25) is 0 Å². The number of rotatable bonds is 4. The second-order valence-corrected chi connectivity index (χ2v) is 10.2. The van der Waals surface area contributed by atoms with E-state index in [4.69, 9.17) is 9.47 Å². The SMILES string of the molecule is Cc1cc2ncnn2cc1N(C(=O)OC(C)(C)C)c1ncc2c(n1)n(C1(CF)CCOCC1)c(=O)n2C. The van der Waals surface area contributed by atoms with E-state index >= 15 is 0 Å². The summed E-state index contributed by atoms with van der Waals surface area (Å²) in [5, 5.41) is 4.17. The fourth-order valence-electron chi connectivity index (χ4n) is 4.58. The van der Waals surface area contributed by atoms with Crippen molar-refractivity contribution in [3.05, 3.63) is 40.8 Å².